The van der Waals surface area contributed by atoms with Crippen molar-refractivity contribution in [1.29, 1.82) is 0 Å². The summed E-state index contributed by atoms with van der Waals surface area (Å²) in [6, 6.07) is 1.70. The minimum absolute atomic E-state index is 0.0194. The van der Waals surface area contributed by atoms with E-state index in [-0.39, 0.29) is 23.9 Å². The number of fused-ring (bicyclic) bond motifs is 1. The van der Waals surface area contributed by atoms with Gasteiger partial charge in [0.2, 0.25) is 5.91 Å². The van der Waals surface area contributed by atoms with Crippen molar-refractivity contribution in [3.8, 4) is 0 Å². The Morgan fingerprint density at radius 1 is 1.39 bits per heavy atom. The lowest BCUT2D eigenvalue weighted by molar-refractivity contribution is -0.117. The maximum atomic E-state index is 12.7. The molecule has 2 amide bonds. The number of hydrogen-bond donors (Lipinski definition) is 0. The third kappa shape index (κ3) is 2.07. The molecule has 0 saturated carbocycles. The van der Waals surface area contributed by atoms with Gasteiger partial charge < -0.3 is 14.2 Å². The largest absolute Gasteiger partial charge is 0.459 e. The van der Waals surface area contributed by atoms with Crippen LogP contribution in [0.2, 0.25) is 0 Å². The van der Waals surface area contributed by atoms with Gasteiger partial charge in [-0.25, -0.2) is 0 Å². The number of aryl methyl sites for hydroxylation is 2. The summed E-state index contributed by atoms with van der Waals surface area (Å²) in [5, 5.41) is 4.14. The van der Waals surface area contributed by atoms with Crippen molar-refractivity contribution in [3.05, 3.63) is 36.0 Å². The molecule has 0 radical (unpaired) electrons. The summed E-state index contributed by atoms with van der Waals surface area (Å²) in [5.74, 6) is 0.292. The standard InChI is InChI=1S/C16H18N4O3/c1-10-4-6-23-15(10)16(22)19-5-3-12-13(19)7-14(21)20(12)11-8-17-18(2)9-11/h4,6,8-9,12-13H,3,5,7H2,1-2H3/t12-,13+/m1/s1. The van der Waals surface area contributed by atoms with Crippen molar-refractivity contribution in [2.45, 2.75) is 31.8 Å². The van der Waals surface area contributed by atoms with E-state index in [9.17, 15) is 9.59 Å². The molecule has 23 heavy (non-hydrogen) atoms. The molecule has 4 heterocycles. The molecule has 2 aliphatic heterocycles. The predicted molar refractivity (Wildman–Crippen MR) is 82.0 cm³/mol. The first-order valence-electron chi connectivity index (χ1n) is 7.72. The molecule has 120 valence electrons. The monoisotopic (exact) mass is 314 g/mol. The predicted octanol–water partition coefficient (Wildman–Crippen LogP) is 1.34. The second-order valence-electron chi connectivity index (χ2n) is 6.19. The van der Waals surface area contributed by atoms with E-state index in [1.807, 2.05) is 20.2 Å². The molecule has 0 aliphatic carbocycles. The number of carbonyl (C=O) groups excluding carboxylic acids is 2. The molecule has 2 aliphatic rings. The van der Waals surface area contributed by atoms with Gasteiger partial charge >= 0.3 is 0 Å². The van der Waals surface area contributed by atoms with Crippen LogP contribution in [0.15, 0.2) is 29.1 Å². The van der Waals surface area contributed by atoms with Crippen LogP contribution in [0.3, 0.4) is 0 Å². The van der Waals surface area contributed by atoms with E-state index in [2.05, 4.69) is 5.10 Å². The average molecular weight is 314 g/mol. The second kappa shape index (κ2) is 4.97. The Labute approximate surface area is 133 Å². The Bertz CT molecular complexity index is 778. The maximum absolute atomic E-state index is 12.7. The first-order chi connectivity index (χ1) is 11.1. The van der Waals surface area contributed by atoms with Gasteiger partial charge in [-0.05, 0) is 19.4 Å². The van der Waals surface area contributed by atoms with Crippen molar-refractivity contribution in [1.82, 2.24) is 14.7 Å². The zero-order valence-corrected chi connectivity index (χ0v) is 13.1. The summed E-state index contributed by atoms with van der Waals surface area (Å²) in [6.07, 6.45) is 6.18. The average Bonchev–Trinajstić information content (AvgIpc) is 3.24. The number of anilines is 1. The minimum atomic E-state index is -0.124. The SMILES string of the molecule is Cc1ccoc1C(=O)N1CC[C@@H]2[C@@H]1CC(=O)N2c1cnn(C)c1. The molecule has 2 aromatic rings. The summed E-state index contributed by atoms with van der Waals surface area (Å²) in [6.45, 7) is 2.49. The van der Waals surface area contributed by atoms with E-state index < -0.39 is 0 Å². The smallest absolute Gasteiger partial charge is 0.290 e. The number of nitrogens with zero attached hydrogens (tertiary/aromatic N) is 4. The molecule has 7 heteroatoms. The Hall–Kier alpha value is -2.57. The second-order valence-corrected chi connectivity index (χ2v) is 6.19. The summed E-state index contributed by atoms with van der Waals surface area (Å²) < 4.78 is 7.01. The summed E-state index contributed by atoms with van der Waals surface area (Å²) in [5.41, 5.74) is 1.63. The lowest BCUT2D eigenvalue weighted by Gasteiger charge is -2.24. The molecule has 7 nitrogen and oxygen atoms in total. The number of furan rings is 1. The third-order valence-corrected chi connectivity index (χ3v) is 4.78. The fourth-order valence-corrected chi connectivity index (χ4v) is 3.69. The van der Waals surface area contributed by atoms with E-state index in [1.165, 1.54) is 6.26 Å². The highest BCUT2D eigenvalue weighted by atomic mass is 16.3. The van der Waals surface area contributed by atoms with Crippen molar-refractivity contribution < 1.29 is 14.0 Å². The molecule has 0 unspecified atom stereocenters. The zero-order valence-electron chi connectivity index (χ0n) is 13.1. The molecule has 0 aromatic carbocycles. The lowest BCUT2D eigenvalue weighted by atomic mass is 10.1. The van der Waals surface area contributed by atoms with Crippen molar-refractivity contribution in [2.75, 3.05) is 11.4 Å². The van der Waals surface area contributed by atoms with Gasteiger partial charge in [0, 0.05) is 31.8 Å². The van der Waals surface area contributed by atoms with Gasteiger partial charge in [-0.2, -0.15) is 5.10 Å². The van der Waals surface area contributed by atoms with Crippen molar-refractivity contribution >= 4 is 17.5 Å². The van der Waals surface area contributed by atoms with E-state index in [0.717, 1.165) is 17.7 Å². The molecule has 2 fully saturated rings. The Morgan fingerprint density at radius 3 is 2.87 bits per heavy atom. The lowest BCUT2D eigenvalue weighted by Crippen LogP contribution is -2.40. The van der Waals surface area contributed by atoms with Gasteiger partial charge in [0.25, 0.3) is 5.91 Å². The van der Waals surface area contributed by atoms with Gasteiger partial charge in [0.1, 0.15) is 0 Å². The van der Waals surface area contributed by atoms with Crippen LogP contribution in [-0.4, -0.2) is 45.1 Å². The van der Waals surface area contributed by atoms with Crippen LogP contribution in [-0.2, 0) is 11.8 Å². The van der Waals surface area contributed by atoms with Crippen molar-refractivity contribution in [2.24, 2.45) is 7.05 Å². The highest BCUT2D eigenvalue weighted by Gasteiger charge is 2.49. The molecule has 2 aromatic heterocycles. The Balaban J connectivity index is 1.61. The van der Waals surface area contributed by atoms with Crippen LogP contribution in [0.4, 0.5) is 5.69 Å². The molecule has 4 rings (SSSR count). The number of hydrogen-bond acceptors (Lipinski definition) is 4. The van der Waals surface area contributed by atoms with E-state index in [4.69, 9.17) is 4.42 Å². The van der Waals surface area contributed by atoms with Gasteiger partial charge in [0.15, 0.2) is 5.76 Å². The van der Waals surface area contributed by atoms with Gasteiger partial charge in [-0.15, -0.1) is 0 Å². The normalized spacial score (nSPS) is 23.7. The summed E-state index contributed by atoms with van der Waals surface area (Å²) in [7, 11) is 1.83. The Morgan fingerprint density at radius 2 is 2.22 bits per heavy atom. The first kappa shape index (κ1) is 14.0. The molecule has 2 saturated heterocycles. The highest BCUT2D eigenvalue weighted by molar-refractivity contribution is 5.99. The number of carbonyl (C=O) groups is 2. The fraction of sp³-hybridized carbons (Fsp3) is 0.438. The van der Waals surface area contributed by atoms with Crippen LogP contribution in [0.5, 0.6) is 0 Å². The Kier molecular flexibility index (Phi) is 3.04. The molecule has 0 bridgehead atoms. The van der Waals surface area contributed by atoms with Crippen LogP contribution in [0.1, 0.15) is 29.0 Å². The van der Waals surface area contributed by atoms with Gasteiger partial charge in [-0.3, -0.25) is 14.3 Å². The maximum Gasteiger partial charge on any atom is 0.290 e. The van der Waals surface area contributed by atoms with E-state index in [0.29, 0.717) is 18.7 Å². The molecule has 2 atom stereocenters. The molecular formula is C16H18N4O3. The van der Waals surface area contributed by atoms with Gasteiger partial charge in [0.05, 0.1) is 30.2 Å². The van der Waals surface area contributed by atoms with Crippen LogP contribution < -0.4 is 4.90 Å². The van der Waals surface area contributed by atoms with E-state index >= 15 is 0 Å². The molecule has 0 N–H and O–H groups in total. The highest BCUT2D eigenvalue weighted by Crippen LogP contribution is 2.36. The summed E-state index contributed by atoms with van der Waals surface area (Å²) >= 11 is 0. The van der Waals surface area contributed by atoms with E-state index in [1.54, 1.807) is 26.7 Å². The number of likely N-dealkylation sites (tertiary alicyclic amines) is 1. The molecular weight excluding hydrogens is 296 g/mol. The zero-order chi connectivity index (χ0) is 16.1. The van der Waals surface area contributed by atoms with Crippen LogP contribution in [0, 0.1) is 6.92 Å². The minimum Gasteiger partial charge on any atom is -0.459 e. The van der Waals surface area contributed by atoms with Crippen LogP contribution in [0.25, 0.3) is 0 Å². The number of amides is 2. The van der Waals surface area contributed by atoms with Crippen molar-refractivity contribution in [3.63, 3.8) is 0 Å². The number of aromatic nitrogens is 2. The summed E-state index contributed by atoms with van der Waals surface area (Å²) in [4.78, 5) is 28.7. The number of rotatable bonds is 2. The molecule has 0 spiro atoms. The topological polar surface area (TPSA) is 71.6 Å². The van der Waals surface area contributed by atoms with Crippen LogP contribution >= 0.6 is 0 Å². The first-order valence-corrected chi connectivity index (χ1v) is 7.72. The third-order valence-electron chi connectivity index (χ3n) is 4.78. The van der Waals surface area contributed by atoms with Gasteiger partial charge in [-0.1, -0.05) is 0 Å². The quantitative estimate of drug-likeness (QED) is 0.838. The fourth-order valence-electron chi connectivity index (χ4n) is 3.69.